The smallest absolute Gasteiger partial charge is 0.422 e. The Labute approximate surface area is 155 Å². The van der Waals surface area contributed by atoms with Gasteiger partial charge in [0.25, 0.3) is 5.91 Å². The predicted molar refractivity (Wildman–Crippen MR) is 93.4 cm³/mol. The van der Waals surface area contributed by atoms with Gasteiger partial charge in [0, 0.05) is 10.4 Å². The van der Waals surface area contributed by atoms with E-state index >= 15 is 0 Å². The summed E-state index contributed by atoms with van der Waals surface area (Å²) in [6, 6.07) is 11.6. The topological polar surface area (TPSA) is 68.5 Å². The molecule has 9 heteroatoms. The van der Waals surface area contributed by atoms with Gasteiger partial charge in [0.05, 0.1) is 5.69 Å². The van der Waals surface area contributed by atoms with Crippen LogP contribution in [0.3, 0.4) is 0 Å². The number of halogens is 4. The van der Waals surface area contributed by atoms with E-state index in [9.17, 15) is 22.8 Å². The lowest BCUT2D eigenvalue weighted by molar-refractivity contribution is -0.153. The maximum atomic E-state index is 12.5. The van der Waals surface area contributed by atoms with Crippen LogP contribution in [0.1, 0.15) is 10.4 Å². The fourth-order valence-electron chi connectivity index (χ4n) is 2.30. The first-order chi connectivity index (χ1) is 12.7. The average Bonchev–Trinajstić information content (AvgIpc) is 2.59. The molecule has 0 bridgehead atoms. The van der Waals surface area contributed by atoms with Crippen LogP contribution in [0, 0.1) is 0 Å². The van der Waals surface area contributed by atoms with Gasteiger partial charge in [-0.25, -0.2) is 4.79 Å². The Hall–Kier alpha value is -3.00. The molecule has 1 amide bonds. The van der Waals surface area contributed by atoms with E-state index in [4.69, 9.17) is 20.8 Å². The molecule has 0 spiro atoms. The highest BCUT2D eigenvalue weighted by molar-refractivity contribution is 6.31. The molecule has 5 nitrogen and oxygen atoms in total. The van der Waals surface area contributed by atoms with Gasteiger partial charge in [-0.1, -0.05) is 29.8 Å². The van der Waals surface area contributed by atoms with Crippen LogP contribution in [-0.4, -0.2) is 18.7 Å². The van der Waals surface area contributed by atoms with E-state index in [0.717, 1.165) is 0 Å². The summed E-state index contributed by atoms with van der Waals surface area (Å²) in [7, 11) is 0. The van der Waals surface area contributed by atoms with Crippen molar-refractivity contribution >= 4 is 34.2 Å². The van der Waals surface area contributed by atoms with Crippen molar-refractivity contribution in [3.8, 4) is 5.75 Å². The largest absolute Gasteiger partial charge is 0.482 e. The fourth-order valence-corrected chi connectivity index (χ4v) is 2.47. The van der Waals surface area contributed by atoms with Crippen LogP contribution in [0.25, 0.3) is 11.0 Å². The number of nitrogens with one attached hydrogen (secondary N) is 1. The maximum absolute atomic E-state index is 12.5. The van der Waals surface area contributed by atoms with Crippen molar-refractivity contribution < 1.29 is 27.1 Å². The number of hydrogen-bond donors (Lipinski definition) is 1. The van der Waals surface area contributed by atoms with Crippen LogP contribution >= 0.6 is 11.6 Å². The van der Waals surface area contributed by atoms with Crippen molar-refractivity contribution in [3.63, 3.8) is 0 Å². The molecule has 0 saturated heterocycles. The van der Waals surface area contributed by atoms with Crippen LogP contribution in [-0.2, 0) is 0 Å². The first-order valence-electron chi connectivity index (χ1n) is 7.56. The fraction of sp³-hybridized carbons (Fsp3) is 0.111. The molecule has 0 unspecified atom stereocenters. The van der Waals surface area contributed by atoms with Gasteiger partial charge in [0.15, 0.2) is 6.61 Å². The molecule has 2 aromatic carbocycles. The highest BCUT2D eigenvalue weighted by Crippen LogP contribution is 2.30. The van der Waals surface area contributed by atoms with Crippen molar-refractivity contribution in [2.75, 3.05) is 11.9 Å². The predicted octanol–water partition coefficient (Wildman–Crippen LogP) is 4.64. The zero-order valence-corrected chi connectivity index (χ0v) is 14.2. The number of hydrogen-bond acceptors (Lipinski definition) is 4. The van der Waals surface area contributed by atoms with Gasteiger partial charge in [-0.05, 0) is 30.3 Å². The Morgan fingerprint density at radius 2 is 1.89 bits per heavy atom. The molecule has 1 N–H and O–H groups in total. The molecule has 0 radical (unpaired) electrons. The van der Waals surface area contributed by atoms with Gasteiger partial charge in [-0.3, -0.25) is 4.79 Å². The molecule has 3 rings (SSSR count). The van der Waals surface area contributed by atoms with Gasteiger partial charge in [0.2, 0.25) is 0 Å². The van der Waals surface area contributed by atoms with E-state index in [0.29, 0.717) is 11.0 Å². The minimum atomic E-state index is -4.56. The van der Waals surface area contributed by atoms with Crippen molar-refractivity contribution in [2.24, 2.45) is 0 Å². The Morgan fingerprint density at radius 3 is 2.63 bits per heavy atom. The van der Waals surface area contributed by atoms with Crippen molar-refractivity contribution in [3.05, 3.63) is 69.5 Å². The van der Waals surface area contributed by atoms with Gasteiger partial charge in [0.1, 0.15) is 16.9 Å². The first-order valence-corrected chi connectivity index (χ1v) is 7.94. The molecule has 140 valence electrons. The molecule has 3 aromatic rings. The summed E-state index contributed by atoms with van der Waals surface area (Å²) in [6.45, 7) is -1.55. The van der Waals surface area contributed by atoms with E-state index in [1.165, 1.54) is 24.3 Å². The first kappa shape index (κ1) is 18.8. The van der Waals surface area contributed by atoms with E-state index < -0.39 is 24.3 Å². The van der Waals surface area contributed by atoms with E-state index in [1.807, 2.05) is 0 Å². The van der Waals surface area contributed by atoms with Crippen LogP contribution in [0.15, 0.2) is 57.7 Å². The second kappa shape index (κ2) is 7.32. The van der Waals surface area contributed by atoms with E-state index in [2.05, 4.69) is 5.32 Å². The summed E-state index contributed by atoms with van der Waals surface area (Å²) in [5, 5.41) is 3.01. The quantitative estimate of drug-likeness (QED) is 0.651. The lowest BCUT2D eigenvalue weighted by atomic mass is 10.1. The molecule has 0 aliphatic heterocycles. The molecular formula is C18H11ClF3NO4. The van der Waals surface area contributed by atoms with Gasteiger partial charge >= 0.3 is 11.8 Å². The molecule has 27 heavy (non-hydrogen) atoms. The third kappa shape index (κ3) is 4.59. The Bertz CT molecular complexity index is 1060. The second-order valence-corrected chi connectivity index (χ2v) is 5.92. The Balaban J connectivity index is 1.91. The summed E-state index contributed by atoms with van der Waals surface area (Å²) in [4.78, 5) is 24.5. The third-order valence-corrected chi connectivity index (χ3v) is 3.70. The van der Waals surface area contributed by atoms with Crippen molar-refractivity contribution in [1.82, 2.24) is 0 Å². The molecule has 0 aliphatic rings. The average molecular weight is 398 g/mol. The van der Waals surface area contributed by atoms with Crippen molar-refractivity contribution in [2.45, 2.75) is 6.18 Å². The molecule has 1 heterocycles. The summed E-state index contributed by atoms with van der Waals surface area (Å²) < 4.78 is 46.9. The molecule has 0 aliphatic carbocycles. The molecule has 0 fully saturated rings. The number of anilines is 1. The van der Waals surface area contributed by atoms with Crippen LogP contribution < -0.4 is 15.7 Å². The van der Waals surface area contributed by atoms with Crippen LogP contribution in [0.4, 0.5) is 18.9 Å². The lowest BCUT2D eigenvalue weighted by Gasteiger charge is -2.14. The third-order valence-electron chi connectivity index (χ3n) is 3.47. The number of carbonyl (C=O) groups excluding carboxylic acids is 1. The Kier molecular flexibility index (Phi) is 5.09. The highest BCUT2D eigenvalue weighted by Gasteiger charge is 2.29. The number of ether oxygens (including phenoxy) is 1. The zero-order valence-electron chi connectivity index (χ0n) is 13.5. The zero-order chi connectivity index (χ0) is 19.6. The van der Waals surface area contributed by atoms with Gasteiger partial charge in [-0.15, -0.1) is 0 Å². The number of para-hydroxylation sites is 1. The molecule has 1 aromatic heterocycles. The SMILES string of the molecule is O=C(Nc1cc(Cl)ccc1OCC(F)(F)F)c1cc2ccccc2oc1=O. The molecular weight excluding hydrogens is 387 g/mol. The minimum absolute atomic E-state index is 0.107. The summed E-state index contributed by atoms with van der Waals surface area (Å²) >= 11 is 5.84. The van der Waals surface area contributed by atoms with Gasteiger partial charge < -0.3 is 14.5 Å². The standard InChI is InChI=1S/C18H11ClF3NO4/c19-11-5-6-15(26-9-18(20,21)22)13(8-11)23-16(24)12-7-10-3-1-2-4-14(10)27-17(12)25/h1-8H,9H2,(H,23,24). The monoisotopic (exact) mass is 397 g/mol. The maximum Gasteiger partial charge on any atom is 0.422 e. The number of carbonyl (C=O) groups is 1. The summed E-state index contributed by atoms with van der Waals surface area (Å²) in [6.07, 6.45) is -4.56. The number of alkyl halides is 3. The summed E-state index contributed by atoms with van der Waals surface area (Å²) in [5.41, 5.74) is -0.998. The number of fused-ring (bicyclic) bond motifs is 1. The minimum Gasteiger partial charge on any atom is -0.482 e. The van der Waals surface area contributed by atoms with Crippen LogP contribution in [0.5, 0.6) is 5.75 Å². The number of amides is 1. The normalized spacial score (nSPS) is 11.4. The molecule has 0 saturated carbocycles. The summed E-state index contributed by atoms with van der Waals surface area (Å²) in [5.74, 6) is -1.11. The van der Waals surface area contributed by atoms with E-state index in [-0.39, 0.29) is 22.0 Å². The highest BCUT2D eigenvalue weighted by atomic mass is 35.5. The Morgan fingerprint density at radius 1 is 1.15 bits per heavy atom. The second-order valence-electron chi connectivity index (χ2n) is 5.48. The van der Waals surface area contributed by atoms with Crippen LogP contribution in [0.2, 0.25) is 5.02 Å². The number of benzene rings is 2. The number of rotatable bonds is 4. The van der Waals surface area contributed by atoms with Crippen molar-refractivity contribution in [1.29, 1.82) is 0 Å². The van der Waals surface area contributed by atoms with Gasteiger partial charge in [-0.2, -0.15) is 13.2 Å². The van der Waals surface area contributed by atoms with E-state index in [1.54, 1.807) is 24.3 Å². The molecule has 0 atom stereocenters. The lowest BCUT2D eigenvalue weighted by Crippen LogP contribution is -2.22.